The first-order valence-corrected chi connectivity index (χ1v) is 4.10. The summed E-state index contributed by atoms with van der Waals surface area (Å²) in [6.45, 7) is 2.07. The van der Waals surface area contributed by atoms with Gasteiger partial charge >= 0.3 is 0 Å². The Bertz CT molecular complexity index is 334. The van der Waals surface area contributed by atoms with Crippen LogP contribution in [0.25, 0.3) is 0 Å². The van der Waals surface area contributed by atoms with Gasteiger partial charge in [0.2, 0.25) is 0 Å². The van der Waals surface area contributed by atoms with Gasteiger partial charge in [0.15, 0.2) is 0 Å². The molecule has 0 saturated heterocycles. The molecule has 2 N–H and O–H groups in total. The zero-order chi connectivity index (χ0) is 9.84. The second-order valence-electron chi connectivity index (χ2n) is 2.81. The van der Waals surface area contributed by atoms with Gasteiger partial charge in [-0.3, -0.25) is 5.41 Å². The van der Waals surface area contributed by atoms with Crippen molar-refractivity contribution in [3.05, 3.63) is 17.8 Å². The molecule has 0 aliphatic carbocycles. The number of nitrogens with one attached hydrogen (secondary N) is 1. The van der Waals surface area contributed by atoms with Gasteiger partial charge in [-0.1, -0.05) is 6.92 Å². The van der Waals surface area contributed by atoms with Crippen LogP contribution in [0.5, 0.6) is 6.01 Å². The fourth-order valence-electron chi connectivity index (χ4n) is 0.924. The Hall–Kier alpha value is -1.36. The van der Waals surface area contributed by atoms with Gasteiger partial charge in [-0.15, -0.1) is 0 Å². The van der Waals surface area contributed by atoms with Crippen molar-refractivity contribution in [1.82, 2.24) is 9.55 Å². The Balaban J connectivity index is 2.83. The molecule has 1 atom stereocenters. The van der Waals surface area contributed by atoms with Crippen molar-refractivity contribution in [1.29, 1.82) is 5.41 Å². The Morgan fingerprint density at radius 1 is 1.77 bits per heavy atom. The quantitative estimate of drug-likeness (QED) is 0.642. The topological polar surface area (TPSA) is 85.0 Å². The van der Waals surface area contributed by atoms with Crippen molar-refractivity contribution in [2.24, 2.45) is 0 Å². The van der Waals surface area contributed by atoms with E-state index in [0.29, 0.717) is 6.42 Å². The van der Waals surface area contributed by atoms with Crippen LogP contribution in [-0.4, -0.2) is 20.8 Å². The average molecular weight is 182 g/mol. The summed E-state index contributed by atoms with van der Waals surface area (Å²) in [5.74, 6) is 0. The maximum atomic E-state index is 11.1. The number of aliphatic hydroxyl groups is 1. The molecule has 0 aliphatic heterocycles. The minimum absolute atomic E-state index is 0.0489. The van der Waals surface area contributed by atoms with Gasteiger partial charge in [0.25, 0.3) is 0 Å². The van der Waals surface area contributed by atoms with Gasteiger partial charge in [0, 0.05) is 12.7 Å². The zero-order valence-electron chi connectivity index (χ0n) is 7.40. The molecule has 0 spiro atoms. The smallest absolute Gasteiger partial charge is 0.146 e. The van der Waals surface area contributed by atoms with Gasteiger partial charge in [0.05, 0.1) is 12.1 Å². The number of nitrogens with zero attached hydrogens (tertiary/aromatic N) is 2. The molecular formula is C8H12N3O2-. The van der Waals surface area contributed by atoms with E-state index in [1.54, 1.807) is 0 Å². The van der Waals surface area contributed by atoms with E-state index in [2.05, 4.69) is 4.98 Å². The van der Waals surface area contributed by atoms with Gasteiger partial charge in [-0.25, -0.2) is 4.98 Å². The van der Waals surface area contributed by atoms with Crippen LogP contribution in [0, 0.1) is 5.41 Å². The number of hydrogen-bond acceptors (Lipinski definition) is 4. The molecule has 0 bridgehead atoms. The molecule has 0 amide bonds. The molecule has 1 aromatic rings. The van der Waals surface area contributed by atoms with Crippen LogP contribution in [0.15, 0.2) is 12.3 Å². The maximum Gasteiger partial charge on any atom is 0.146 e. The van der Waals surface area contributed by atoms with Crippen LogP contribution in [0.1, 0.15) is 13.3 Å². The molecule has 13 heavy (non-hydrogen) atoms. The molecule has 1 aromatic heterocycles. The Kier molecular flexibility index (Phi) is 3.02. The molecule has 0 aromatic carbocycles. The highest BCUT2D eigenvalue weighted by atomic mass is 16.3. The molecule has 0 fully saturated rings. The van der Waals surface area contributed by atoms with E-state index in [1.807, 2.05) is 6.92 Å². The normalized spacial score (nSPS) is 12.8. The lowest BCUT2D eigenvalue weighted by Gasteiger charge is -2.17. The van der Waals surface area contributed by atoms with Gasteiger partial charge in [-0.2, -0.15) is 0 Å². The van der Waals surface area contributed by atoms with Gasteiger partial charge < -0.3 is 14.8 Å². The van der Waals surface area contributed by atoms with E-state index in [1.165, 1.54) is 16.8 Å². The largest absolute Gasteiger partial charge is 0.846 e. The van der Waals surface area contributed by atoms with E-state index in [4.69, 9.17) is 5.41 Å². The number of aliphatic hydroxyl groups excluding tert-OH is 1. The molecule has 5 heteroatoms. The predicted molar refractivity (Wildman–Crippen MR) is 43.8 cm³/mol. The van der Waals surface area contributed by atoms with E-state index in [-0.39, 0.29) is 12.0 Å². The van der Waals surface area contributed by atoms with Crippen LogP contribution in [0.4, 0.5) is 0 Å². The molecule has 1 rings (SSSR count). The van der Waals surface area contributed by atoms with Crippen molar-refractivity contribution >= 4 is 0 Å². The summed E-state index contributed by atoms with van der Waals surface area (Å²) in [5.41, 5.74) is -0.0489. The number of hydrogen-bond donors (Lipinski definition) is 2. The number of rotatable bonds is 3. The van der Waals surface area contributed by atoms with Crippen LogP contribution >= 0.6 is 0 Å². The fourth-order valence-corrected chi connectivity index (χ4v) is 0.924. The first-order valence-electron chi connectivity index (χ1n) is 4.10. The van der Waals surface area contributed by atoms with Crippen molar-refractivity contribution in [2.45, 2.75) is 26.0 Å². The van der Waals surface area contributed by atoms with E-state index in [9.17, 15) is 10.2 Å². The van der Waals surface area contributed by atoms with Gasteiger partial charge in [0.1, 0.15) is 5.49 Å². The molecule has 72 valence electrons. The summed E-state index contributed by atoms with van der Waals surface area (Å²) in [5, 5.41) is 27.5. The highest BCUT2D eigenvalue weighted by Gasteiger charge is 2.00. The van der Waals surface area contributed by atoms with Crippen molar-refractivity contribution < 1.29 is 10.2 Å². The molecule has 0 radical (unpaired) electrons. The van der Waals surface area contributed by atoms with Crippen molar-refractivity contribution in [3.8, 4) is 6.01 Å². The second-order valence-corrected chi connectivity index (χ2v) is 2.81. The first-order chi connectivity index (χ1) is 6.13. The van der Waals surface area contributed by atoms with E-state index in [0.717, 1.165) is 0 Å². The second kappa shape index (κ2) is 4.04. The summed E-state index contributed by atoms with van der Waals surface area (Å²) in [4.78, 5) is 3.42. The zero-order valence-corrected chi connectivity index (χ0v) is 7.40. The molecule has 0 saturated carbocycles. The first kappa shape index (κ1) is 9.73. The number of aromatic nitrogens is 2. The van der Waals surface area contributed by atoms with Crippen LogP contribution in [0.2, 0.25) is 0 Å². The standard InChI is InChI=1S/C8H13N3O2/c1-2-6(12)5-11-4-3-7(9)10-8(11)13/h3-4,6,12H,2,5H2,1H3,(H2,9,10,13)/p-1/t6-/m1/s1. The lowest BCUT2D eigenvalue weighted by molar-refractivity contribution is -0.287. The minimum atomic E-state index is -0.531. The predicted octanol–water partition coefficient (Wildman–Crippen LogP) is -0.793. The molecule has 0 unspecified atom stereocenters. The van der Waals surface area contributed by atoms with E-state index >= 15 is 0 Å². The summed E-state index contributed by atoms with van der Waals surface area (Å²) in [7, 11) is 0. The third-order valence-corrected chi connectivity index (χ3v) is 1.75. The molecular weight excluding hydrogens is 170 g/mol. The molecule has 1 heterocycles. The van der Waals surface area contributed by atoms with E-state index < -0.39 is 12.1 Å². The third-order valence-electron chi connectivity index (χ3n) is 1.75. The lowest BCUT2D eigenvalue weighted by atomic mass is 10.3. The minimum Gasteiger partial charge on any atom is -0.846 e. The Morgan fingerprint density at radius 2 is 2.46 bits per heavy atom. The summed E-state index contributed by atoms with van der Waals surface area (Å²) < 4.78 is 1.30. The maximum absolute atomic E-state index is 11.1. The SMILES string of the molecule is CC[C@@H](O)Cn1ccc(=N)nc1[O-]. The van der Waals surface area contributed by atoms with Gasteiger partial charge in [-0.05, 0) is 12.5 Å². The highest BCUT2D eigenvalue weighted by Crippen LogP contribution is 2.00. The Labute approximate surface area is 75.8 Å². The van der Waals surface area contributed by atoms with Crippen LogP contribution in [0.3, 0.4) is 0 Å². The monoisotopic (exact) mass is 182 g/mol. The Morgan fingerprint density at radius 3 is 3.00 bits per heavy atom. The van der Waals surface area contributed by atoms with Crippen LogP contribution < -0.4 is 10.6 Å². The lowest BCUT2D eigenvalue weighted by Crippen LogP contribution is -2.21. The van der Waals surface area contributed by atoms with Crippen molar-refractivity contribution in [2.75, 3.05) is 0 Å². The average Bonchev–Trinajstić information content (AvgIpc) is 2.09. The fraction of sp³-hybridized carbons (Fsp3) is 0.500. The van der Waals surface area contributed by atoms with Crippen molar-refractivity contribution in [3.63, 3.8) is 0 Å². The highest BCUT2D eigenvalue weighted by molar-refractivity contribution is 4.94. The summed E-state index contributed by atoms with van der Waals surface area (Å²) in [6, 6.07) is 0.934. The molecule has 5 nitrogen and oxygen atoms in total. The molecule has 0 aliphatic rings. The summed E-state index contributed by atoms with van der Waals surface area (Å²) >= 11 is 0. The summed E-state index contributed by atoms with van der Waals surface area (Å²) in [6.07, 6.45) is 1.53. The van der Waals surface area contributed by atoms with Crippen LogP contribution in [-0.2, 0) is 6.54 Å². The third kappa shape index (κ3) is 2.55.